The molecular formula is C16H22N2O2. The third-order valence-corrected chi connectivity index (χ3v) is 4.64. The minimum absolute atomic E-state index is 0.174. The molecule has 0 saturated carbocycles. The minimum atomic E-state index is 0.174. The van der Waals surface area contributed by atoms with Gasteiger partial charge in [-0.3, -0.25) is 14.7 Å². The number of fused-ring (bicyclic) bond motifs is 2. The van der Waals surface area contributed by atoms with Crippen LogP contribution in [0.1, 0.15) is 24.2 Å². The molecule has 2 bridgehead atoms. The SMILES string of the molecule is Cc1cccc(CC(=O)C2CC3COCC(C2)N3C)n1. The highest BCUT2D eigenvalue weighted by Gasteiger charge is 2.39. The van der Waals surface area contributed by atoms with Gasteiger partial charge in [-0.15, -0.1) is 0 Å². The second-order valence-corrected chi connectivity index (χ2v) is 6.09. The van der Waals surface area contributed by atoms with Crippen LogP contribution in [-0.2, 0) is 16.0 Å². The van der Waals surface area contributed by atoms with Crippen LogP contribution >= 0.6 is 0 Å². The number of Topliss-reactive ketones (excluding diaryl/α,β-unsaturated/α-hetero) is 1. The summed E-state index contributed by atoms with van der Waals surface area (Å²) in [6, 6.07) is 6.70. The van der Waals surface area contributed by atoms with E-state index in [9.17, 15) is 4.79 Å². The highest BCUT2D eigenvalue weighted by Crippen LogP contribution is 2.31. The van der Waals surface area contributed by atoms with Crippen LogP contribution in [0, 0.1) is 12.8 Å². The van der Waals surface area contributed by atoms with E-state index in [4.69, 9.17) is 4.74 Å². The number of morpholine rings is 1. The average Bonchev–Trinajstić information content (AvgIpc) is 2.38. The Balaban J connectivity index is 1.66. The lowest BCUT2D eigenvalue weighted by Gasteiger charge is -2.46. The summed E-state index contributed by atoms with van der Waals surface area (Å²) >= 11 is 0. The van der Waals surface area contributed by atoms with E-state index in [0.717, 1.165) is 37.4 Å². The number of ketones is 1. The van der Waals surface area contributed by atoms with E-state index < -0.39 is 0 Å². The smallest absolute Gasteiger partial charge is 0.142 e. The number of likely N-dealkylation sites (N-methyl/N-ethyl adjacent to an activating group) is 1. The number of piperidine rings is 1. The number of nitrogens with zero attached hydrogens (tertiary/aromatic N) is 2. The molecule has 2 aliphatic rings. The number of carbonyl (C=O) groups is 1. The first-order valence-corrected chi connectivity index (χ1v) is 7.38. The fourth-order valence-electron chi connectivity index (χ4n) is 3.38. The summed E-state index contributed by atoms with van der Waals surface area (Å²) in [4.78, 5) is 19.3. The molecule has 20 heavy (non-hydrogen) atoms. The highest BCUT2D eigenvalue weighted by atomic mass is 16.5. The van der Waals surface area contributed by atoms with Crippen molar-refractivity contribution in [2.24, 2.45) is 5.92 Å². The zero-order chi connectivity index (χ0) is 14.1. The minimum Gasteiger partial charge on any atom is -0.378 e. The summed E-state index contributed by atoms with van der Waals surface area (Å²) in [5, 5.41) is 0. The number of ether oxygens (including phenoxy) is 1. The van der Waals surface area contributed by atoms with Crippen molar-refractivity contribution >= 4 is 5.78 Å². The Hall–Kier alpha value is -1.26. The Bertz CT molecular complexity index is 489. The molecule has 2 aliphatic heterocycles. The van der Waals surface area contributed by atoms with Crippen molar-refractivity contribution in [2.75, 3.05) is 20.3 Å². The molecule has 2 atom stereocenters. The molecule has 0 aromatic carbocycles. The topological polar surface area (TPSA) is 42.4 Å². The lowest BCUT2D eigenvalue weighted by Crippen LogP contribution is -2.56. The molecule has 0 spiro atoms. The number of pyridine rings is 1. The Labute approximate surface area is 120 Å². The molecule has 1 aromatic heterocycles. The Morgan fingerprint density at radius 2 is 2.05 bits per heavy atom. The van der Waals surface area contributed by atoms with Crippen LogP contribution in [0.2, 0.25) is 0 Å². The van der Waals surface area contributed by atoms with Crippen LogP contribution in [-0.4, -0.2) is 48.0 Å². The predicted molar refractivity (Wildman–Crippen MR) is 76.6 cm³/mol. The number of aryl methyl sites for hydroxylation is 1. The van der Waals surface area contributed by atoms with E-state index in [1.54, 1.807) is 0 Å². The van der Waals surface area contributed by atoms with Crippen LogP contribution in [0.15, 0.2) is 18.2 Å². The van der Waals surface area contributed by atoms with Crippen molar-refractivity contribution in [1.29, 1.82) is 0 Å². The van der Waals surface area contributed by atoms with E-state index in [1.807, 2.05) is 25.1 Å². The van der Waals surface area contributed by atoms with Gasteiger partial charge in [0.1, 0.15) is 5.78 Å². The fraction of sp³-hybridized carbons (Fsp3) is 0.625. The molecule has 0 aliphatic carbocycles. The molecule has 4 heteroatoms. The lowest BCUT2D eigenvalue weighted by atomic mass is 9.81. The molecule has 0 N–H and O–H groups in total. The Kier molecular flexibility index (Phi) is 3.85. The van der Waals surface area contributed by atoms with Crippen molar-refractivity contribution in [2.45, 2.75) is 38.3 Å². The van der Waals surface area contributed by atoms with Gasteiger partial charge in [0.05, 0.1) is 13.2 Å². The van der Waals surface area contributed by atoms with Gasteiger partial charge in [-0.1, -0.05) is 6.07 Å². The largest absolute Gasteiger partial charge is 0.378 e. The standard InChI is InChI=1S/C16H22N2O2/c1-11-4-3-5-13(17-11)8-16(19)12-6-14-9-20-10-15(7-12)18(14)2/h3-5,12,14-15H,6-10H2,1-2H3. The monoisotopic (exact) mass is 274 g/mol. The number of aromatic nitrogens is 1. The molecule has 3 heterocycles. The van der Waals surface area contributed by atoms with E-state index in [0.29, 0.717) is 24.3 Å². The molecule has 2 saturated heterocycles. The molecule has 4 nitrogen and oxygen atoms in total. The van der Waals surface area contributed by atoms with Crippen molar-refractivity contribution < 1.29 is 9.53 Å². The van der Waals surface area contributed by atoms with E-state index in [1.165, 1.54) is 0 Å². The highest BCUT2D eigenvalue weighted by molar-refractivity contribution is 5.83. The summed E-state index contributed by atoms with van der Waals surface area (Å²) in [6.07, 6.45) is 2.33. The van der Waals surface area contributed by atoms with Crippen molar-refractivity contribution in [1.82, 2.24) is 9.88 Å². The summed E-state index contributed by atoms with van der Waals surface area (Å²) < 4.78 is 5.60. The summed E-state index contributed by atoms with van der Waals surface area (Å²) in [6.45, 7) is 3.49. The van der Waals surface area contributed by atoms with E-state index >= 15 is 0 Å². The summed E-state index contributed by atoms with van der Waals surface area (Å²) in [7, 11) is 2.15. The molecule has 0 amide bonds. The fourth-order valence-corrected chi connectivity index (χ4v) is 3.38. The zero-order valence-corrected chi connectivity index (χ0v) is 12.2. The maximum absolute atomic E-state index is 12.5. The third kappa shape index (κ3) is 2.76. The molecule has 1 aromatic rings. The quantitative estimate of drug-likeness (QED) is 0.840. The van der Waals surface area contributed by atoms with Crippen molar-refractivity contribution in [3.05, 3.63) is 29.6 Å². The molecule has 108 valence electrons. The molecule has 2 fully saturated rings. The number of hydrogen-bond acceptors (Lipinski definition) is 4. The van der Waals surface area contributed by atoms with E-state index in [-0.39, 0.29) is 5.92 Å². The van der Waals surface area contributed by atoms with Crippen molar-refractivity contribution in [3.63, 3.8) is 0 Å². The third-order valence-electron chi connectivity index (χ3n) is 4.64. The molecule has 2 unspecified atom stereocenters. The molecule has 0 radical (unpaired) electrons. The first kappa shape index (κ1) is 13.7. The van der Waals surface area contributed by atoms with Gasteiger partial charge >= 0.3 is 0 Å². The van der Waals surface area contributed by atoms with Crippen molar-refractivity contribution in [3.8, 4) is 0 Å². The normalized spacial score (nSPS) is 30.2. The van der Waals surface area contributed by atoms with Crippen LogP contribution in [0.5, 0.6) is 0 Å². The van der Waals surface area contributed by atoms with Crippen LogP contribution in [0.3, 0.4) is 0 Å². The second kappa shape index (κ2) is 5.62. The zero-order valence-electron chi connectivity index (χ0n) is 12.2. The van der Waals surface area contributed by atoms with Gasteiger partial charge in [0.25, 0.3) is 0 Å². The summed E-state index contributed by atoms with van der Waals surface area (Å²) in [5.74, 6) is 0.514. The van der Waals surface area contributed by atoms with Gasteiger partial charge in [0.15, 0.2) is 0 Å². The van der Waals surface area contributed by atoms with Gasteiger partial charge < -0.3 is 4.74 Å². The number of carbonyl (C=O) groups excluding carboxylic acids is 1. The second-order valence-electron chi connectivity index (χ2n) is 6.09. The number of hydrogen-bond donors (Lipinski definition) is 0. The molecule has 3 rings (SSSR count). The maximum Gasteiger partial charge on any atom is 0.142 e. The van der Waals surface area contributed by atoms with Crippen LogP contribution in [0.25, 0.3) is 0 Å². The lowest BCUT2D eigenvalue weighted by molar-refractivity contribution is -0.130. The Morgan fingerprint density at radius 3 is 2.70 bits per heavy atom. The number of rotatable bonds is 3. The van der Waals surface area contributed by atoms with E-state index in [2.05, 4.69) is 16.9 Å². The van der Waals surface area contributed by atoms with Gasteiger partial charge in [-0.05, 0) is 38.9 Å². The van der Waals surface area contributed by atoms with Gasteiger partial charge in [0, 0.05) is 35.8 Å². The first-order chi connectivity index (χ1) is 9.63. The van der Waals surface area contributed by atoms with Gasteiger partial charge in [0.2, 0.25) is 0 Å². The van der Waals surface area contributed by atoms with Crippen LogP contribution in [0.4, 0.5) is 0 Å². The van der Waals surface area contributed by atoms with Crippen LogP contribution < -0.4 is 0 Å². The first-order valence-electron chi connectivity index (χ1n) is 7.38. The average molecular weight is 274 g/mol. The Morgan fingerprint density at radius 1 is 1.35 bits per heavy atom. The van der Waals surface area contributed by atoms with Gasteiger partial charge in [-0.25, -0.2) is 0 Å². The maximum atomic E-state index is 12.5. The summed E-state index contributed by atoms with van der Waals surface area (Å²) in [5.41, 5.74) is 1.87. The molecular weight excluding hydrogens is 252 g/mol. The predicted octanol–water partition coefficient (Wildman–Crippen LogP) is 1.61. The van der Waals surface area contributed by atoms with Gasteiger partial charge in [-0.2, -0.15) is 0 Å².